The van der Waals surface area contributed by atoms with Crippen molar-refractivity contribution in [1.82, 2.24) is 9.80 Å². The van der Waals surface area contributed by atoms with Crippen LogP contribution >= 0.6 is 0 Å². The lowest BCUT2D eigenvalue weighted by molar-refractivity contribution is -0.166. The van der Waals surface area contributed by atoms with Crippen molar-refractivity contribution in [1.29, 1.82) is 0 Å². The third kappa shape index (κ3) is 5.32. The fraction of sp³-hybridized carbons (Fsp3) is 0.357. The minimum atomic E-state index is -1.03. The van der Waals surface area contributed by atoms with E-state index < -0.39 is 47.7 Å². The van der Waals surface area contributed by atoms with Crippen molar-refractivity contribution >= 4 is 30.3 Å². The Balaban J connectivity index is 1.64. The first kappa shape index (κ1) is 25.2. The molecular weight excluding hydrogens is 460 g/mol. The molecule has 2 aliphatic rings. The van der Waals surface area contributed by atoms with Crippen LogP contribution in [0, 0.1) is 0 Å². The maximum atomic E-state index is 13.5. The Labute approximate surface area is 210 Å². The van der Waals surface area contributed by atoms with Crippen molar-refractivity contribution < 1.29 is 28.7 Å². The maximum Gasteiger partial charge on any atom is 0.411 e. The van der Waals surface area contributed by atoms with Crippen LogP contribution in [0.4, 0.5) is 4.79 Å². The van der Waals surface area contributed by atoms with E-state index in [1.165, 1.54) is 9.80 Å². The Kier molecular flexibility index (Phi) is 7.24. The third-order valence-electron chi connectivity index (χ3n) is 6.14. The van der Waals surface area contributed by atoms with Gasteiger partial charge in [0.05, 0.1) is 24.5 Å². The smallest absolute Gasteiger partial charge is 0.411 e. The molecule has 4 atom stereocenters. The van der Waals surface area contributed by atoms with Crippen molar-refractivity contribution in [3.05, 3.63) is 77.9 Å². The van der Waals surface area contributed by atoms with Gasteiger partial charge < -0.3 is 19.2 Å². The van der Waals surface area contributed by atoms with Gasteiger partial charge in [0.25, 0.3) is 0 Å². The fourth-order valence-electron chi connectivity index (χ4n) is 4.59. The third-order valence-corrected chi connectivity index (χ3v) is 6.14. The predicted octanol–water partition coefficient (Wildman–Crippen LogP) is 3.77. The number of rotatable bonds is 8. The quantitative estimate of drug-likeness (QED) is 0.318. The number of aldehydes is 1. The van der Waals surface area contributed by atoms with Gasteiger partial charge in [-0.15, -0.1) is 0 Å². The number of nitrogens with zero attached hydrogens (tertiary/aromatic N) is 2. The van der Waals surface area contributed by atoms with Crippen molar-refractivity contribution in [2.24, 2.45) is 0 Å². The van der Waals surface area contributed by atoms with Gasteiger partial charge in [0.1, 0.15) is 24.5 Å². The summed E-state index contributed by atoms with van der Waals surface area (Å²) in [5.74, 6) is -0.998. The Bertz CT molecular complexity index is 1140. The van der Waals surface area contributed by atoms with Crippen LogP contribution in [0.2, 0.25) is 0 Å². The highest BCUT2D eigenvalue weighted by atomic mass is 16.6. The number of cyclic esters (lactones) is 1. The molecule has 188 valence electrons. The summed E-state index contributed by atoms with van der Waals surface area (Å²) < 4.78 is 10.7. The second-order valence-electron chi connectivity index (χ2n) is 9.86. The van der Waals surface area contributed by atoms with E-state index in [4.69, 9.17) is 9.47 Å². The zero-order chi connectivity index (χ0) is 25.9. The standard InChI is InChI=1S/C28H30N2O6/c1-28(2,3)36-24(32)16-21(17-31)29-22(15-14-19-10-6-4-7-11-19)25(26(29)33)30-23(18-35-27(30)34)20-12-8-5-9-13-20/h4-15,17,21-23,25H,16,18H2,1-3H3/b15-14+/t21-,22?,23-,25+/m1/s1. The molecule has 0 aromatic heterocycles. The highest BCUT2D eigenvalue weighted by Gasteiger charge is 2.57. The maximum absolute atomic E-state index is 13.5. The van der Waals surface area contributed by atoms with Gasteiger partial charge in [0.2, 0.25) is 5.91 Å². The Morgan fingerprint density at radius 1 is 1.08 bits per heavy atom. The molecule has 2 fully saturated rings. The average Bonchev–Trinajstić information content (AvgIpc) is 3.21. The summed E-state index contributed by atoms with van der Waals surface area (Å²) in [7, 11) is 0. The zero-order valence-electron chi connectivity index (χ0n) is 20.6. The van der Waals surface area contributed by atoms with Gasteiger partial charge in [-0.2, -0.15) is 0 Å². The average molecular weight is 491 g/mol. The van der Waals surface area contributed by atoms with E-state index in [-0.39, 0.29) is 13.0 Å². The van der Waals surface area contributed by atoms with Gasteiger partial charge in [0, 0.05) is 0 Å². The second-order valence-corrected chi connectivity index (χ2v) is 9.86. The van der Waals surface area contributed by atoms with Crippen LogP contribution in [0.5, 0.6) is 0 Å². The molecular formula is C28H30N2O6. The molecule has 0 N–H and O–H groups in total. The molecule has 1 unspecified atom stereocenters. The van der Waals surface area contributed by atoms with Crippen LogP contribution in [-0.2, 0) is 23.9 Å². The minimum absolute atomic E-state index is 0.122. The molecule has 0 bridgehead atoms. The van der Waals surface area contributed by atoms with E-state index in [0.717, 1.165) is 11.1 Å². The van der Waals surface area contributed by atoms with Gasteiger partial charge >= 0.3 is 12.1 Å². The number of hydrogen-bond acceptors (Lipinski definition) is 6. The van der Waals surface area contributed by atoms with Crippen LogP contribution in [0.1, 0.15) is 44.4 Å². The van der Waals surface area contributed by atoms with E-state index in [0.29, 0.717) is 6.29 Å². The normalized spacial score (nSPS) is 22.8. The summed E-state index contributed by atoms with van der Waals surface area (Å²) in [5.41, 5.74) is 1.02. The van der Waals surface area contributed by atoms with Gasteiger partial charge in [-0.1, -0.05) is 72.8 Å². The molecule has 0 radical (unpaired) electrons. The molecule has 2 heterocycles. The number of carbonyl (C=O) groups excluding carboxylic acids is 4. The highest BCUT2D eigenvalue weighted by molar-refractivity contribution is 5.96. The number of esters is 1. The van der Waals surface area contributed by atoms with Gasteiger partial charge in [-0.05, 0) is 31.9 Å². The molecule has 8 nitrogen and oxygen atoms in total. The fourth-order valence-corrected chi connectivity index (χ4v) is 4.59. The number of amides is 2. The molecule has 0 spiro atoms. The lowest BCUT2D eigenvalue weighted by Crippen LogP contribution is -2.73. The van der Waals surface area contributed by atoms with Crippen LogP contribution in [0.15, 0.2) is 66.7 Å². The topological polar surface area (TPSA) is 93.2 Å². The molecule has 2 aliphatic heterocycles. The Morgan fingerprint density at radius 3 is 2.33 bits per heavy atom. The van der Waals surface area contributed by atoms with Crippen LogP contribution < -0.4 is 0 Å². The Hall–Kier alpha value is -3.94. The lowest BCUT2D eigenvalue weighted by atomic mass is 9.88. The molecule has 36 heavy (non-hydrogen) atoms. The van der Waals surface area contributed by atoms with Crippen molar-refractivity contribution in [2.75, 3.05) is 6.61 Å². The number of β-lactam (4-membered cyclic amide) rings is 1. The van der Waals surface area contributed by atoms with Crippen molar-refractivity contribution in [3.63, 3.8) is 0 Å². The Morgan fingerprint density at radius 2 is 1.72 bits per heavy atom. The number of carbonyl (C=O) groups is 4. The molecule has 2 aromatic carbocycles. The number of likely N-dealkylation sites (tertiary alicyclic amines) is 1. The first-order valence-corrected chi connectivity index (χ1v) is 11.9. The van der Waals surface area contributed by atoms with E-state index in [2.05, 4.69) is 0 Å². The second kappa shape index (κ2) is 10.4. The highest BCUT2D eigenvalue weighted by Crippen LogP contribution is 2.38. The SMILES string of the molecule is CC(C)(C)OC(=O)C[C@H](C=O)N1C(=O)[C@@H](N2C(=O)OC[C@@H]2c2ccccc2)C1/C=C/c1ccccc1. The van der Waals surface area contributed by atoms with Crippen LogP contribution in [0.25, 0.3) is 6.08 Å². The predicted molar refractivity (Wildman–Crippen MR) is 133 cm³/mol. The minimum Gasteiger partial charge on any atom is -0.460 e. The summed E-state index contributed by atoms with van der Waals surface area (Å²) in [4.78, 5) is 53.6. The van der Waals surface area contributed by atoms with Crippen molar-refractivity contribution in [3.8, 4) is 0 Å². The van der Waals surface area contributed by atoms with Gasteiger partial charge in [0.15, 0.2) is 0 Å². The summed E-state index contributed by atoms with van der Waals surface area (Å²) in [6, 6.07) is 15.9. The zero-order valence-corrected chi connectivity index (χ0v) is 20.6. The lowest BCUT2D eigenvalue weighted by Gasteiger charge is -2.51. The van der Waals surface area contributed by atoms with Crippen LogP contribution in [-0.4, -0.2) is 64.4 Å². The summed E-state index contributed by atoms with van der Waals surface area (Å²) >= 11 is 0. The largest absolute Gasteiger partial charge is 0.460 e. The summed E-state index contributed by atoms with van der Waals surface area (Å²) in [5, 5.41) is 0. The summed E-state index contributed by atoms with van der Waals surface area (Å²) in [6.45, 7) is 5.33. The van der Waals surface area contributed by atoms with E-state index in [1.54, 1.807) is 26.8 Å². The van der Waals surface area contributed by atoms with Crippen LogP contribution in [0.3, 0.4) is 0 Å². The number of benzene rings is 2. The molecule has 2 amide bonds. The number of hydrogen-bond donors (Lipinski definition) is 0. The monoisotopic (exact) mass is 490 g/mol. The molecule has 2 saturated heterocycles. The van der Waals surface area contributed by atoms with Gasteiger partial charge in [-0.3, -0.25) is 14.5 Å². The molecule has 8 heteroatoms. The first-order valence-electron chi connectivity index (χ1n) is 11.9. The van der Waals surface area contributed by atoms with E-state index in [1.807, 2.05) is 66.7 Å². The molecule has 0 aliphatic carbocycles. The molecule has 0 saturated carbocycles. The number of ether oxygens (including phenoxy) is 2. The first-order chi connectivity index (χ1) is 17.2. The van der Waals surface area contributed by atoms with E-state index >= 15 is 0 Å². The molecule has 4 rings (SSSR count). The van der Waals surface area contributed by atoms with Crippen molar-refractivity contribution in [2.45, 2.75) is 57.0 Å². The van der Waals surface area contributed by atoms with E-state index in [9.17, 15) is 19.2 Å². The molecule has 2 aromatic rings. The summed E-state index contributed by atoms with van der Waals surface area (Å²) in [6.07, 6.45) is 3.35. The van der Waals surface area contributed by atoms with Gasteiger partial charge in [-0.25, -0.2) is 4.79 Å².